The van der Waals surface area contributed by atoms with Crippen molar-refractivity contribution >= 4 is 11.8 Å². The zero-order chi connectivity index (χ0) is 17.2. The number of carbonyl (C=O) groups is 2. The molecule has 3 nitrogen and oxygen atoms in total. The Hall–Kier alpha value is -2.16. The molecule has 126 valence electrons. The van der Waals surface area contributed by atoms with Crippen molar-refractivity contribution in [2.45, 2.75) is 51.9 Å². The highest BCUT2D eigenvalue weighted by Crippen LogP contribution is 1.98. The van der Waals surface area contributed by atoms with E-state index in [-0.39, 0.29) is 12.2 Å². The second-order valence-corrected chi connectivity index (χ2v) is 5.04. The molecule has 0 amide bonds. The van der Waals surface area contributed by atoms with Gasteiger partial charge in [-0.1, -0.05) is 61.6 Å². The van der Waals surface area contributed by atoms with Crippen molar-refractivity contribution in [3.05, 3.63) is 60.8 Å². The summed E-state index contributed by atoms with van der Waals surface area (Å²) in [6, 6.07) is 0. The van der Waals surface area contributed by atoms with E-state index in [0.717, 1.165) is 25.7 Å². The van der Waals surface area contributed by atoms with E-state index in [4.69, 9.17) is 5.11 Å². The Bertz CT molecular complexity index is 465. The summed E-state index contributed by atoms with van der Waals surface area (Å²) >= 11 is 0. The molecule has 1 N–H and O–H groups in total. The summed E-state index contributed by atoms with van der Waals surface area (Å²) < 4.78 is 0. The van der Waals surface area contributed by atoms with Crippen LogP contribution in [0.25, 0.3) is 0 Å². The van der Waals surface area contributed by atoms with Crippen LogP contribution in [0, 0.1) is 0 Å². The zero-order valence-electron chi connectivity index (χ0n) is 14.0. The molecule has 3 heteroatoms. The molecule has 0 aliphatic heterocycles. The molecule has 0 aliphatic rings. The van der Waals surface area contributed by atoms with Gasteiger partial charge in [-0.15, -0.1) is 0 Å². The third kappa shape index (κ3) is 17.8. The van der Waals surface area contributed by atoms with Gasteiger partial charge in [0.15, 0.2) is 5.78 Å². The van der Waals surface area contributed by atoms with E-state index in [1.54, 1.807) is 12.2 Å². The Morgan fingerprint density at radius 3 is 2.26 bits per heavy atom. The lowest BCUT2D eigenvalue weighted by atomic mass is 10.2. The van der Waals surface area contributed by atoms with Crippen molar-refractivity contribution in [1.82, 2.24) is 0 Å². The standard InChI is InChI=1S/C20H28O3/c1-2-3-13-16-19(21)17-14-11-9-7-5-4-6-8-10-12-15-18-20(22)23/h3-5,8-11,13-14,17H,2,6-7,12,15-16,18H2,1H3,(H,22,23)/b5-4-,10-8-,11-9-,13-3-,17-14-. The number of carboxylic acids is 1. The zero-order valence-corrected chi connectivity index (χ0v) is 14.0. The smallest absolute Gasteiger partial charge is 0.303 e. The molecular formula is C20H28O3. The molecule has 0 saturated carbocycles. The van der Waals surface area contributed by atoms with Crippen molar-refractivity contribution in [2.75, 3.05) is 0 Å². The second kappa shape index (κ2) is 16.2. The van der Waals surface area contributed by atoms with Gasteiger partial charge in [0, 0.05) is 12.8 Å². The quantitative estimate of drug-likeness (QED) is 0.221. The number of allylic oxidation sites excluding steroid dienone is 10. The number of carboxylic acid groups (broad SMARTS) is 1. The number of ketones is 1. The van der Waals surface area contributed by atoms with E-state index in [9.17, 15) is 9.59 Å². The van der Waals surface area contributed by atoms with Crippen molar-refractivity contribution in [1.29, 1.82) is 0 Å². The number of hydrogen-bond donors (Lipinski definition) is 1. The minimum atomic E-state index is -0.738. The molecule has 0 unspecified atom stereocenters. The van der Waals surface area contributed by atoms with Crippen LogP contribution in [0.4, 0.5) is 0 Å². The van der Waals surface area contributed by atoms with Crippen molar-refractivity contribution in [2.24, 2.45) is 0 Å². The first-order valence-corrected chi connectivity index (χ1v) is 8.19. The summed E-state index contributed by atoms with van der Waals surface area (Å²) in [4.78, 5) is 21.7. The van der Waals surface area contributed by atoms with Crippen molar-refractivity contribution in [3.8, 4) is 0 Å². The monoisotopic (exact) mass is 316 g/mol. The first-order chi connectivity index (χ1) is 11.2. The van der Waals surface area contributed by atoms with Gasteiger partial charge in [0.1, 0.15) is 0 Å². The first kappa shape index (κ1) is 20.8. The fourth-order valence-electron chi connectivity index (χ4n) is 1.69. The molecule has 23 heavy (non-hydrogen) atoms. The molecule has 0 heterocycles. The summed E-state index contributed by atoms with van der Waals surface area (Å²) in [7, 11) is 0. The molecule has 0 bridgehead atoms. The topological polar surface area (TPSA) is 54.4 Å². The summed E-state index contributed by atoms with van der Waals surface area (Å²) in [6.07, 6.45) is 24.2. The summed E-state index contributed by atoms with van der Waals surface area (Å²) in [6.45, 7) is 2.04. The third-order valence-corrected chi connectivity index (χ3v) is 2.89. The molecule has 0 aromatic rings. The molecular weight excluding hydrogens is 288 g/mol. The molecule has 0 rings (SSSR count). The van der Waals surface area contributed by atoms with E-state index >= 15 is 0 Å². The average molecular weight is 316 g/mol. The highest BCUT2D eigenvalue weighted by atomic mass is 16.4. The number of aliphatic carboxylic acids is 1. The summed E-state index contributed by atoms with van der Waals surface area (Å²) in [5.41, 5.74) is 0. The van der Waals surface area contributed by atoms with Gasteiger partial charge in [0.25, 0.3) is 0 Å². The van der Waals surface area contributed by atoms with E-state index in [1.807, 2.05) is 43.4 Å². The van der Waals surface area contributed by atoms with Gasteiger partial charge in [-0.25, -0.2) is 0 Å². The van der Waals surface area contributed by atoms with Crippen LogP contribution >= 0.6 is 0 Å². The normalized spacial score (nSPS) is 12.6. The predicted octanol–water partition coefficient (Wildman–Crippen LogP) is 5.17. The Labute approximate surface area is 139 Å². The molecule has 0 atom stereocenters. The van der Waals surface area contributed by atoms with Gasteiger partial charge >= 0.3 is 5.97 Å². The molecule has 0 radical (unpaired) electrons. The minimum absolute atomic E-state index is 0.114. The Morgan fingerprint density at radius 1 is 0.870 bits per heavy atom. The molecule has 0 spiro atoms. The van der Waals surface area contributed by atoms with Crippen LogP contribution in [-0.4, -0.2) is 16.9 Å². The van der Waals surface area contributed by atoms with Crippen molar-refractivity contribution < 1.29 is 14.7 Å². The van der Waals surface area contributed by atoms with Gasteiger partial charge in [-0.3, -0.25) is 9.59 Å². The lowest BCUT2D eigenvalue weighted by Crippen LogP contribution is -1.92. The van der Waals surface area contributed by atoms with E-state index in [2.05, 4.69) is 12.2 Å². The SMILES string of the molecule is CC/C=C\CC(=O)/C=C\C=C/C/C=C\C/C=C\CCCC(=O)O. The highest BCUT2D eigenvalue weighted by Gasteiger charge is 1.92. The Kier molecular flexibility index (Phi) is 14.7. The number of unbranched alkanes of at least 4 members (excludes halogenated alkanes) is 1. The van der Waals surface area contributed by atoms with Crippen LogP contribution in [0.1, 0.15) is 51.9 Å². The minimum Gasteiger partial charge on any atom is -0.481 e. The van der Waals surface area contributed by atoms with E-state index in [1.165, 1.54) is 0 Å². The summed E-state index contributed by atoms with van der Waals surface area (Å²) in [5, 5.41) is 8.49. The van der Waals surface area contributed by atoms with Crippen LogP contribution in [0.15, 0.2) is 60.8 Å². The molecule has 0 fully saturated rings. The third-order valence-electron chi connectivity index (χ3n) is 2.89. The second-order valence-electron chi connectivity index (χ2n) is 5.04. The van der Waals surface area contributed by atoms with Gasteiger partial charge in [0.2, 0.25) is 0 Å². The maximum Gasteiger partial charge on any atom is 0.303 e. The van der Waals surface area contributed by atoms with Gasteiger partial charge < -0.3 is 5.11 Å². The fourth-order valence-corrected chi connectivity index (χ4v) is 1.69. The lowest BCUT2D eigenvalue weighted by molar-refractivity contribution is -0.137. The van der Waals surface area contributed by atoms with Crippen LogP contribution in [0.2, 0.25) is 0 Å². The first-order valence-electron chi connectivity index (χ1n) is 8.19. The number of hydrogen-bond acceptors (Lipinski definition) is 2. The highest BCUT2D eigenvalue weighted by molar-refractivity contribution is 5.90. The maximum atomic E-state index is 11.4. The molecule has 0 aromatic heterocycles. The summed E-state index contributed by atoms with van der Waals surface area (Å²) in [5.74, 6) is -0.624. The van der Waals surface area contributed by atoms with Gasteiger partial charge in [0.05, 0.1) is 0 Å². The lowest BCUT2D eigenvalue weighted by Gasteiger charge is -1.89. The Morgan fingerprint density at radius 2 is 1.57 bits per heavy atom. The van der Waals surface area contributed by atoms with Crippen LogP contribution in [0.3, 0.4) is 0 Å². The van der Waals surface area contributed by atoms with E-state index in [0.29, 0.717) is 12.8 Å². The number of rotatable bonds is 13. The predicted molar refractivity (Wildman–Crippen MR) is 96.3 cm³/mol. The van der Waals surface area contributed by atoms with Crippen molar-refractivity contribution in [3.63, 3.8) is 0 Å². The maximum absolute atomic E-state index is 11.4. The van der Waals surface area contributed by atoms with Gasteiger partial charge in [-0.05, 0) is 38.2 Å². The molecule has 0 aliphatic carbocycles. The number of carbonyl (C=O) groups excluding carboxylic acids is 1. The van der Waals surface area contributed by atoms with Crippen LogP contribution in [-0.2, 0) is 9.59 Å². The molecule has 0 saturated heterocycles. The largest absolute Gasteiger partial charge is 0.481 e. The Balaban J connectivity index is 3.65. The average Bonchev–Trinajstić information content (AvgIpc) is 2.51. The van der Waals surface area contributed by atoms with Crippen LogP contribution < -0.4 is 0 Å². The van der Waals surface area contributed by atoms with Crippen LogP contribution in [0.5, 0.6) is 0 Å². The fraction of sp³-hybridized carbons (Fsp3) is 0.400. The van der Waals surface area contributed by atoms with E-state index < -0.39 is 5.97 Å². The van der Waals surface area contributed by atoms with Gasteiger partial charge in [-0.2, -0.15) is 0 Å². The molecule has 0 aromatic carbocycles.